The monoisotopic (exact) mass is 645 g/mol. The number of piperidine rings is 1. The van der Waals surface area contributed by atoms with Gasteiger partial charge in [0.2, 0.25) is 17.6 Å². The fraction of sp³-hybridized carbons (Fsp3) is 0.861. The number of likely N-dealkylation sites (tertiary alicyclic amines) is 1. The second-order valence-electron chi connectivity index (χ2n) is 17.2. The molecule has 2 aliphatic carbocycles. The standard InChI is InChI=1S/C36H63N5O5/c1-11-16-24(27(42)30(44)37-21-12-2)38-29(43)26-25-23(35(25,9)10)22-41(26)31(45)28(34(6,7)8)39-32(46)40-36(17-14-13-15-18-36)20-19-33(3,4)5/h23-26,28H,11-22H2,1-10H3,(H,37,44)(H,38,43)(H2,39,40,46)/t23?,24?,25-,26-,28+/m0/s1. The van der Waals surface area contributed by atoms with Gasteiger partial charge >= 0.3 is 6.03 Å². The number of fused-ring (bicyclic) bond motifs is 1. The van der Waals surface area contributed by atoms with Crippen molar-refractivity contribution in [2.75, 3.05) is 13.1 Å². The molecule has 1 saturated heterocycles. The molecule has 4 N–H and O–H groups in total. The number of Topliss-reactive ketones (excluding diaryl/α,β-unsaturated/α-hetero) is 1. The summed E-state index contributed by atoms with van der Waals surface area (Å²) in [7, 11) is 0. The molecule has 0 spiro atoms. The Kier molecular flexibility index (Phi) is 12.0. The van der Waals surface area contributed by atoms with E-state index in [0.29, 0.717) is 32.4 Å². The van der Waals surface area contributed by atoms with Gasteiger partial charge in [-0.1, -0.05) is 94.9 Å². The minimum atomic E-state index is -0.964. The van der Waals surface area contributed by atoms with Crippen molar-refractivity contribution in [3.63, 3.8) is 0 Å². The van der Waals surface area contributed by atoms with E-state index in [-0.39, 0.29) is 40.1 Å². The largest absolute Gasteiger partial charge is 0.349 e. The van der Waals surface area contributed by atoms with Crippen LogP contribution in [0, 0.1) is 28.1 Å². The molecular formula is C36H63N5O5. The van der Waals surface area contributed by atoms with Crippen molar-refractivity contribution in [3.05, 3.63) is 0 Å². The zero-order valence-electron chi connectivity index (χ0n) is 30.4. The lowest BCUT2D eigenvalue weighted by atomic mass is 9.75. The third-order valence-electron chi connectivity index (χ3n) is 10.7. The van der Waals surface area contributed by atoms with Crippen LogP contribution in [0.4, 0.5) is 4.79 Å². The van der Waals surface area contributed by atoms with E-state index < -0.39 is 41.1 Å². The molecule has 0 aromatic rings. The first kappa shape index (κ1) is 37.8. The van der Waals surface area contributed by atoms with Crippen molar-refractivity contribution in [2.45, 2.75) is 157 Å². The highest BCUT2D eigenvalue weighted by atomic mass is 16.2. The molecule has 1 heterocycles. The van der Waals surface area contributed by atoms with Gasteiger partial charge in [0.1, 0.15) is 12.1 Å². The molecule has 0 radical (unpaired) electrons. The van der Waals surface area contributed by atoms with E-state index in [9.17, 15) is 24.0 Å². The molecule has 0 bridgehead atoms. The number of ketones is 1. The van der Waals surface area contributed by atoms with Crippen LogP contribution in [-0.2, 0) is 19.2 Å². The zero-order chi connectivity index (χ0) is 34.7. The van der Waals surface area contributed by atoms with Crippen LogP contribution in [0.25, 0.3) is 0 Å². The molecule has 3 fully saturated rings. The number of nitrogens with one attached hydrogen (secondary N) is 4. The van der Waals surface area contributed by atoms with E-state index in [1.165, 1.54) is 0 Å². The van der Waals surface area contributed by atoms with Gasteiger partial charge in [0.15, 0.2) is 0 Å². The van der Waals surface area contributed by atoms with Crippen molar-refractivity contribution in [1.82, 2.24) is 26.2 Å². The molecule has 5 amide bonds. The van der Waals surface area contributed by atoms with Crippen molar-refractivity contribution < 1.29 is 24.0 Å². The predicted molar refractivity (Wildman–Crippen MR) is 181 cm³/mol. The van der Waals surface area contributed by atoms with Gasteiger partial charge in [0.05, 0.1) is 6.04 Å². The lowest BCUT2D eigenvalue weighted by Gasteiger charge is -2.41. The van der Waals surface area contributed by atoms with Crippen molar-refractivity contribution in [1.29, 1.82) is 0 Å². The number of nitrogens with zero attached hydrogens (tertiary/aromatic N) is 1. The van der Waals surface area contributed by atoms with Gasteiger partial charge in [-0.15, -0.1) is 0 Å². The Hall–Kier alpha value is -2.65. The lowest BCUT2D eigenvalue weighted by molar-refractivity contribution is -0.145. The Morgan fingerprint density at radius 3 is 2.07 bits per heavy atom. The number of hydrogen-bond donors (Lipinski definition) is 4. The molecule has 3 rings (SSSR count). The Morgan fingerprint density at radius 2 is 1.52 bits per heavy atom. The van der Waals surface area contributed by atoms with Crippen LogP contribution in [0.15, 0.2) is 0 Å². The van der Waals surface area contributed by atoms with Crippen molar-refractivity contribution >= 4 is 29.5 Å². The SMILES string of the molecule is CCCNC(=O)C(=O)C(CCC)NC(=O)[C@@H]1[C@@H]2C(CN1C(=O)[C@@H](NC(=O)NC1(CCC(C)(C)C)CCCCC1)C(C)(C)C)C2(C)C. The Bertz CT molecular complexity index is 1130. The molecule has 5 atom stereocenters. The van der Waals surface area contributed by atoms with Gasteiger partial charge in [0, 0.05) is 18.6 Å². The topological polar surface area (TPSA) is 137 Å². The summed E-state index contributed by atoms with van der Waals surface area (Å²) in [5.74, 6) is -2.01. The summed E-state index contributed by atoms with van der Waals surface area (Å²) in [5.41, 5.74) is -0.912. The third kappa shape index (κ3) is 9.03. The minimum absolute atomic E-state index is 0.0694. The number of carbonyl (C=O) groups excluding carboxylic acids is 5. The molecule has 46 heavy (non-hydrogen) atoms. The maximum Gasteiger partial charge on any atom is 0.315 e. The minimum Gasteiger partial charge on any atom is -0.349 e. The van der Waals surface area contributed by atoms with E-state index in [1.54, 1.807) is 4.90 Å². The molecular weight excluding hydrogens is 582 g/mol. The van der Waals surface area contributed by atoms with Gasteiger partial charge in [-0.25, -0.2) is 4.79 Å². The summed E-state index contributed by atoms with van der Waals surface area (Å²) in [6.45, 7) is 21.2. The van der Waals surface area contributed by atoms with Crippen molar-refractivity contribution in [2.24, 2.45) is 28.1 Å². The normalized spacial score (nSPS) is 24.7. The van der Waals surface area contributed by atoms with Gasteiger partial charge in [-0.3, -0.25) is 19.2 Å². The fourth-order valence-electron chi connectivity index (χ4n) is 7.61. The number of carbonyl (C=O) groups is 5. The highest BCUT2D eigenvalue weighted by Gasteiger charge is 2.70. The highest BCUT2D eigenvalue weighted by molar-refractivity contribution is 6.38. The van der Waals surface area contributed by atoms with E-state index >= 15 is 0 Å². The highest BCUT2D eigenvalue weighted by Crippen LogP contribution is 2.65. The molecule has 10 nitrogen and oxygen atoms in total. The van der Waals surface area contributed by atoms with Crippen LogP contribution in [0.3, 0.4) is 0 Å². The second-order valence-corrected chi connectivity index (χ2v) is 17.2. The second kappa shape index (κ2) is 14.6. The molecule has 1 aliphatic heterocycles. The Balaban J connectivity index is 1.81. The summed E-state index contributed by atoms with van der Waals surface area (Å²) in [6.07, 6.45) is 8.63. The molecule has 2 unspecified atom stereocenters. The quantitative estimate of drug-likeness (QED) is 0.207. The van der Waals surface area contributed by atoms with Gasteiger partial charge in [-0.05, 0) is 66.6 Å². The average molecular weight is 646 g/mol. The van der Waals surface area contributed by atoms with E-state index in [0.717, 1.165) is 44.9 Å². The van der Waals surface area contributed by atoms with Gasteiger partial charge in [-0.2, -0.15) is 0 Å². The summed E-state index contributed by atoms with van der Waals surface area (Å²) in [6, 6.07) is -2.96. The van der Waals surface area contributed by atoms with E-state index in [4.69, 9.17) is 0 Å². The first-order chi connectivity index (χ1) is 21.3. The smallest absolute Gasteiger partial charge is 0.315 e. The van der Waals surface area contributed by atoms with Crippen molar-refractivity contribution in [3.8, 4) is 0 Å². The summed E-state index contributed by atoms with van der Waals surface area (Å²) < 4.78 is 0. The van der Waals surface area contributed by atoms with Crippen LogP contribution >= 0.6 is 0 Å². The van der Waals surface area contributed by atoms with Crippen LogP contribution in [0.5, 0.6) is 0 Å². The Labute approximate surface area is 277 Å². The third-order valence-corrected chi connectivity index (χ3v) is 10.7. The number of urea groups is 1. The van der Waals surface area contributed by atoms with Gasteiger partial charge < -0.3 is 26.2 Å². The molecule has 0 aromatic carbocycles. The number of rotatable bonds is 13. The first-order valence-electron chi connectivity index (χ1n) is 17.8. The zero-order valence-corrected chi connectivity index (χ0v) is 30.4. The maximum atomic E-state index is 14.4. The fourth-order valence-corrected chi connectivity index (χ4v) is 7.61. The summed E-state index contributed by atoms with van der Waals surface area (Å²) in [5, 5.41) is 11.8. The van der Waals surface area contributed by atoms with Crippen LogP contribution in [-0.4, -0.2) is 71.2 Å². The summed E-state index contributed by atoms with van der Waals surface area (Å²) >= 11 is 0. The van der Waals surface area contributed by atoms with Crippen LogP contribution in [0.1, 0.15) is 133 Å². The van der Waals surface area contributed by atoms with Crippen LogP contribution < -0.4 is 21.3 Å². The predicted octanol–water partition coefficient (Wildman–Crippen LogP) is 5.09. The average Bonchev–Trinajstić information content (AvgIpc) is 3.28. The summed E-state index contributed by atoms with van der Waals surface area (Å²) in [4.78, 5) is 69.2. The molecule has 10 heteroatoms. The Morgan fingerprint density at radius 1 is 0.891 bits per heavy atom. The molecule has 3 aliphatic rings. The van der Waals surface area contributed by atoms with Crippen LogP contribution in [0.2, 0.25) is 0 Å². The maximum absolute atomic E-state index is 14.4. The number of amides is 5. The number of hydrogen-bond acceptors (Lipinski definition) is 5. The van der Waals surface area contributed by atoms with E-state index in [1.807, 2.05) is 34.6 Å². The lowest BCUT2D eigenvalue weighted by Crippen LogP contribution is -2.63. The van der Waals surface area contributed by atoms with E-state index in [2.05, 4.69) is 55.9 Å². The molecule has 2 saturated carbocycles. The first-order valence-corrected chi connectivity index (χ1v) is 17.8. The van der Waals surface area contributed by atoms with Gasteiger partial charge in [0.25, 0.3) is 5.91 Å². The molecule has 0 aromatic heterocycles. The molecule has 262 valence electrons.